The summed E-state index contributed by atoms with van der Waals surface area (Å²) in [5.74, 6) is -8.43. The Morgan fingerprint density at radius 3 is 2.23 bits per heavy atom. The number of Topliss-reactive ketones (excluding diaryl/α,β-unsaturated/α-hetero) is 1. The van der Waals surface area contributed by atoms with Gasteiger partial charge in [0.2, 0.25) is 5.92 Å². The smallest absolute Gasteiger partial charge is 0.407 e. The van der Waals surface area contributed by atoms with Gasteiger partial charge < -0.3 is 19.5 Å². The third-order valence-electron chi connectivity index (χ3n) is 2.18. The Labute approximate surface area is 134 Å². The number of nitrogens with one attached hydrogen (secondary N) is 1. The summed E-state index contributed by atoms with van der Waals surface area (Å²) in [5, 5.41) is 1.59. The number of hydrogen-bond donors (Lipinski definition) is 1. The van der Waals surface area contributed by atoms with Gasteiger partial charge >= 0.3 is 18.0 Å². The molecular weight excluding hydrogens is 294 g/mol. The number of esters is 2. The van der Waals surface area contributed by atoms with E-state index < -0.39 is 54.0 Å². The zero-order valence-corrected chi connectivity index (χ0v) is 12.9. The van der Waals surface area contributed by atoms with Crippen LogP contribution in [0.15, 0.2) is 0 Å². The minimum absolute atomic E-state index is 1.00. The monoisotopic (exact) mass is 319 g/mol. The second-order valence-electron chi connectivity index (χ2n) is 5.92. The molecule has 0 atom stereocenters. The Bertz CT molecular complexity index is 620. The van der Waals surface area contributed by atoms with E-state index in [4.69, 9.17) is 19.7 Å². The molecule has 0 radical (unpaired) electrons. The normalized spacial score (nSPS) is 22.2. The van der Waals surface area contributed by atoms with Gasteiger partial charge in [0.25, 0.3) is 5.79 Å². The quantitative estimate of drug-likeness (QED) is 0.606. The van der Waals surface area contributed by atoms with E-state index in [1.165, 1.54) is 34.6 Å². The summed E-state index contributed by atoms with van der Waals surface area (Å²) in [6.45, 7) is 3.68. The molecule has 0 unspecified atom stereocenters. The molecule has 8 nitrogen and oxygen atoms in total. The molecular formula is C14H21NO7. The van der Waals surface area contributed by atoms with Crippen LogP contribution in [0, 0.1) is 5.92 Å². The Kier molecular flexibility index (Phi) is 3.58. The highest BCUT2D eigenvalue weighted by Crippen LogP contribution is 2.24. The summed E-state index contributed by atoms with van der Waals surface area (Å²) < 4.78 is 45.1. The molecule has 0 aromatic rings. The molecule has 8 heteroatoms. The molecule has 1 fully saturated rings. The topological polar surface area (TPSA) is 108 Å². The average molecular weight is 319 g/mol. The molecule has 124 valence electrons. The molecule has 0 bridgehead atoms. The molecule has 1 amide bonds. The summed E-state index contributed by atoms with van der Waals surface area (Å²) in [5.41, 5.74) is -1.00. The van der Waals surface area contributed by atoms with E-state index in [0.29, 0.717) is 0 Å². The zero-order chi connectivity index (χ0) is 20.7. The van der Waals surface area contributed by atoms with E-state index in [9.17, 15) is 19.2 Å². The molecule has 1 aliphatic heterocycles. The number of amides is 1. The van der Waals surface area contributed by atoms with Crippen LogP contribution in [0.3, 0.4) is 0 Å². The minimum atomic E-state index is -3.46. The zero-order valence-electron chi connectivity index (χ0n) is 16.9. The van der Waals surface area contributed by atoms with Crippen LogP contribution in [0.25, 0.3) is 0 Å². The van der Waals surface area contributed by atoms with Gasteiger partial charge in [-0.05, 0) is 20.8 Å². The summed E-state index contributed by atoms with van der Waals surface area (Å²) in [7, 11) is 0. The lowest BCUT2D eigenvalue weighted by Crippen LogP contribution is -2.49. The maximum atomic E-state index is 12.4. The molecule has 0 aliphatic carbocycles. The van der Waals surface area contributed by atoms with Crippen molar-refractivity contribution in [2.24, 2.45) is 5.92 Å². The maximum Gasteiger partial charge on any atom is 0.407 e. The van der Waals surface area contributed by atoms with Crippen LogP contribution in [0.5, 0.6) is 0 Å². The van der Waals surface area contributed by atoms with Crippen molar-refractivity contribution >= 4 is 23.8 Å². The predicted molar refractivity (Wildman–Crippen MR) is 73.6 cm³/mol. The van der Waals surface area contributed by atoms with Gasteiger partial charge in [0.05, 0.1) is 0 Å². The fourth-order valence-corrected chi connectivity index (χ4v) is 1.45. The summed E-state index contributed by atoms with van der Waals surface area (Å²) in [6, 6.07) is 0. The lowest BCUT2D eigenvalue weighted by molar-refractivity contribution is -0.238. The number of cyclic esters (lactones) is 2. The minimum Gasteiger partial charge on any atom is -0.444 e. The third-order valence-corrected chi connectivity index (χ3v) is 2.18. The number of alkyl carbamates (subject to hydrolysis) is 1. The van der Waals surface area contributed by atoms with Gasteiger partial charge in [-0.1, -0.05) is 0 Å². The summed E-state index contributed by atoms with van der Waals surface area (Å²) >= 11 is 0. The fourth-order valence-electron chi connectivity index (χ4n) is 1.45. The van der Waals surface area contributed by atoms with Crippen LogP contribution < -0.4 is 5.32 Å². The van der Waals surface area contributed by atoms with Crippen molar-refractivity contribution < 1.29 is 38.9 Å². The first-order valence-corrected chi connectivity index (χ1v) is 6.41. The average Bonchev–Trinajstić information content (AvgIpc) is 2.32. The number of hydrogen-bond acceptors (Lipinski definition) is 7. The van der Waals surface area contributed by atoms with E-state index in [1.807, 2.05) is 0 Å². The lowest BCUT2D eigenvalue weighted by Gasteiger charge is -2.32. The molecule has 1 N–H and O–H groups in total. The van der Waals surface area contributed by atoms with Gasteiger partial charge in [-0.3, -0.25) is 14.4 Å². The lowest BCUT2D eigenvalue weighted by atomic mass is 10.0. The maximum absolute atomic E-state index is 12.4. The highest BCUT2D eigenvalue weighted by molar-refractivity contribution is 6.15. The van der Waals surface area contributed by atoms with Gasteiger partial charge in [-0.25, -0.2) is 4.79 Å². The molecule has 22 heavy (non-hydrogen) atoms. The first-order valence-electron chi connectivity index (χ1n) is 8.41. The van der Waals surface area contributed by atoms with Crippen molar-refractivity contribution in [3.63, 3.8) is 0 Å². The first-order chi connectivity index (χ1) is 11.4. The number of ether oxygens (including phenoxy) is 3. The van der Waals surface area contributed by atoms with Crippen LogP contribution in [-0.4, -0.2) is 41.7 Å². The van der Waals surface area contributed by atoms with Crippen molar-refractivity contribution in [3.8, 4) is 0 Å². The number of ketones is 1. The van der Waals surface area contributed by atoms with Gasteiger partial charge in [-0.15, -0.1) is 0 Å². The van der Waals surface area contributed by atoms with Crippen LogP contribution in [0.2, 0.25) is 0 Å². The molecule has 1 rings (SSSR count). The van der Waals surface area contributed by atoms with Crippen LogP contribution in [0.4, 0.5) is 4.79 Å². The largest absolute Gasteiger partial charge is 0.444 e. The van der Waals surface area contributed by atoms with Crippen LogP contribution in [0.1, 0.15) is 46.5 Å². The van der Waals surface area contributed by atoms with Crippen molar-refractivity contribution in [2.75, 3.05) is 6.50 Å². The van der Waals surface area contributed by atoms with E-state index in [-0.39, 0.29) is 0 Å². The number of carbonyl (C=O) groups is 4. The van der Waals surface area contributed by atoms with E-state index in [0.717, 1.165) is 0 Å². The fraction of sp³-hybridized carbons (Fsp3) is 0.714. The predicted octanol–water partition coefficient (Wildman–Crippen LogP) is 0.923. The molecule has 1 aliphatic rings. The molecule has 1 saturated heterocycles. The summed E-state index contributed by atoms with van der Waals surface area (Å²) in [6.07, 6.45) is -4.79. The van der Waals surface area contributed by atoms with Crippen molar-refractivity contribution in [1.29, 1.82) is 0 Å². The second kappa shape index (κ2) is 6.33. The third kappa shape index (κ3) is 5.34. The second-order valence-corrected chi connectivity index (χ2v) is 5.92. The first kappa shape index (κ1) is 12.4. The standard InChI is InChI=1S/C14H21NO7/c1-13(2,3)22-12(19)15-7-6-8(16)9-10(17)20-14(4,5)21-11(9)18/h9H,6-7H2,1-5H3,(H,15,19)/i6D2,7D2. The Morgan fingerprint density at radius 1 is 1.27 bits per heavy atom. The SMILES string of the molecule is [2H]C([2H])(NC(=O)OC(C)(C)C)C([2H])([2H])C(=O)C1C(=O)OC(C)(C)OC1=O. The Hall–Kier alpha value is -2.12. The van der Waals surface area contributed by atoms with E-state index >= 15 is 0 Å². The Balaban J connectivity index is 3.04. The highest BCUT2D eigenvalue weighted by Gasteiger charge is 2.46. The molecule has 0 aromatic heterocycles. The Morgan fingerprint density at radius 2 is 1.77 bits per heavy atom. The number of rotatable bonds is 4. The number of carbonyl (C=O) groups excluding carboxylic acids is 4. The molecule has 0 aromatic carbocycles. The van der Waals surface area contributed by atoms with Gasteiger partial charge in [0.15, 0.2) is 5.78 Å². The molecule has 0 spiro atoms. The van der Waals surface area contributed by atoms with Crippen molar-refractivity contribution in [1.82, 2.24) is 5.32 Å². The van der Waals surface area contributed by atoms with E-state index in [2.05, 4.69) is 0 Å². The van der Waals surface area contributed by atoms with Gasteiger partial charge in [0, 0.05) is 32.2 Å². The van der Waals surface area contributed by atoms with Gasteiger partial charge in [0.1, 0.15) is 5.60 Å². The van der Waals surface area contributed by atoms with Crippen molar-refractivity contribution in [2.45, 2.75) is 52.4 Å². The van der Waals surface area contributed by atoms with Crippen LogP contribution >= 0.6 is 0 Å². The van der Waals surface area contributed by atoms with Crippen molar-refractivity contribution in [3.05, 3.63) is 0 Å². The van der Waals surface area contributed by atoms with Gasteiger partial charge in [-0.2, -0.15) is 0 Å². The summed E-state index contributed by atoms with van der Waals surface area (Å²) in [4.78, 5) is 47.9. The highest BCUT2D eigenvalue weighted by atomic mass is 16.7. The van der Waals surface area contributed by atoms with E-state index in [1.54, 1.807) is 5.32 Å². The molecule has 0 saturated carbocycles. The van der Waals surface area contributed by atoms with Crippen LogP contribution in [-0.2, 0) is 28.6 Å². The molecule has 1 heterocycles.